The quantitative estimate of drug-likeness (QED) is 0.267. The summed E-state index contributed by atoms with van der Waals surface area (Å²) in [4.78, 5) is 21.9. The van der Waals surface area contributed by atoms with Gasteiger partial charge in [0.2, 0.25) is 0 Å². The van der Waals surface area contributed by atoms with Crippen LogP contribution in [0.1, 0.15) is 27.1 Å². The standard InChI is InChI=1S/C29H24O6/c30-28(31)24-6-2-20(3-7-24)22-10-14-26(15-11-22)34-18-1-19-35-27-16-12-23(13-17-27)21-4-8-25(9-5-21)29(32)33/h2-17H,1,18-19H2,(H,30,31)(H,32,33). The highest BCUT2D eigenvalue weighted by Crippen LogP contribution is 2.24. The van der Waals surface area contributed by atoms with E-state index in [1.54, 1.807) is 48.5 Å². The van der Waals surface area contributed by atoms with Crippen LogP contribution in [0.15, 0.2) is 97.1 Å². The molecule has 176 valence electrons. The maximum Gasteiger partial charge on any atom is 0.335 e. The fourth-order valence-corrected chi connectivity index (χ4v) is 3.54. The van der Waals surface area contributed by atoms with Crippen LogP contribution in [0.2, 0.25) is 0 Å². The molecule has 4 aromatic carbocycles. The third-order valence-electron chi connectivity index (χ3n) is 5.47. The lowest BCUT2D eigenvalue weighted by Gasteiger charge is -2.10. The molecule has 0 aliphatic rings. The number of carboxylic acids is 2. The second kappa shape index (κ2) is 11.0. The highest BCUT2D eigenvalue weighted by Gasteiger charge is 2.05. The molecule has 0 heterocycles. The average molecular weight is 469 g/mol. The first kappa shape index (κ1) is 23.6. The Morgan fingerprint density at radius 1 is 0.486 bits per heavy atom. The van der Waals surface area contributed by atoms with Gasteiger partial charge in [0, 0.05) is 6.42 Å². The molecule has 0 unspecified atom stereocenters. The van der Waals surface area contributed by atoms with Gasteiger partial charge in [0.15, 0.2) is 0 Å². The number of hydrogen-bond donors (Lipinski definition) is 2. The molecule has 0 saturated heterocycles. The minimum atomic E-state index is -0.939. The van der Waals surface area contributed by atoms with Crippen molar-refractivity contribution < 1.29 is 29.3 Å². The van der Waals surface area contributed by atoms with E-state index in [-0.39, 0.29) is 11.1 Å². The average Bonchev–Trinajstić information content (AvgIpc) is 2.89. The summed E-state index contributed by atoms with van der Waals surface area (Å²) < 4.78 is 11.6. The molecule has 0 aromatic heterocycles. The Kier molecular flexibility index (Phi) is 7.43. The SMILES string of the molecule is O=C(O)c1ccc(-c2ccc(OCCCOc3ccc(-c4ccc(C(=O)O)cc4)cc3)cc2)cc1. The number of carbonyl (C=O) groups is 2. The molecule has 4 rings (SSSR count). The summed E-state index contributed by atoms with van der Waals surface area (Å²) in [5.74, 6) is -0.361. The summed E-state index contributed by atoms with van der Waals surface area (Å²) >= 11 is 0. The smallest absolute Gasteiger partial charge is 0.335 e. The number of rotatable bonds is 10. The van der Waals surface area contributed by atoms with Gasteiger partial charge in [-0.25, -0.2) is 9.59 Å². The van der Waals surface area contributed by atoms with Crippen molar-refractivity contribution in [3.8, 4) is 33.8 Å². The maximum atomic E-state index is 11.0. The minimum Gasteiger partial charge on any atom is -0.493 e. The summed E-state index contributed by atoms with van der Waals surface area (Å²) in [7, 11) is 0. The van der Waals surface area contributed by atoms with Gasteiger partial charge in [-0.1, -0.05) is 48.5 Å². The van der Waals surface area contributed by atoms with Gasteiger partial charge in [-0.2, -0.15) is 0 Å². The lowest BCUT2D eigenvalue weighted by Crippen LogP contribution is -2.05. The Bertz CT molecular complexity index is 1170. The van der Waals surface area contributed by atoms with E-state index in [2.05, 4.69) is 0 Å². The predicted molar refractivity (Wildman–Crippen MR) is 133 cm³/mol. The fourth-order valence-electron chi connectivity index (χ4n) is 3.54. The summed E-state index contributed by atoms with van der Waals surface area (Å²) in [6.45, 7) is 1.03. The van der Waals surface area contributed by atoms with Crippen molar-refractivity contribution >= 4 is 11.9 Å². The first-order valence-electron chi connectivity index (χ1n) is 11.1. The zero-order valence-corrected chi connectivity index (χ0v) is 18.9. The molecule has 0 radical (unpaired) electrons. The largest absolute Gasteiger partial charge is 0.493 e. The van der Waals surface area contributed by atoms with E-state index in [1.807, 2.05) is 48.5 Å². The van der Waals surface area contributed by atoms with E-state index in [4.69, 9.17) is 19.7 Å². The molecule has 6 nitrogen and oxygen atoms in total. The Morgan fingerprint density at radius 3 is 1.06 bits per heavy atom. The Hall–Kier alpha value is -4.58. The first-order valence-corrected chi connectivity index (χ1v) is 11.1. The molecule has 0 aliphatic carbocycles. The van der Waals surface area contributed by atoms with Crippen LogP contribution >= 0.6 is 0 Å². The van der Waals surface area contributed by atoms with Crippen LogP contribution in [0.25, 0.3) is 22.3 Å². The Labute approximate surface area is 203 Å². The third kappa shape index (κ3) is 6.26. The van der Waals surface area contributed by atoms with E-state index in [0.717, 1.165) is 40.2 Å². The summed E-state index contributed by atoms with van der Waals surface area (Å²) in [5.41, 5.74) is 4.38. The zero-order valence-electron chi connectivity index (χ0n) is 18.9. The molecule has 0 amide bonds. The van der Waals surface area contributed by atoms with Crippen LogP contribution in [0.3, 0.4) is 0 Å². The summed E-state index contributed by atoms with van der Waals surface area (Å²) in [6, 6.07) is 28.9. The van der Waals surface area contributed by atoms with Crippen molar-refractivity contribution in [3.63, 3.8) is 0 Å². The maximum absolute atomic E-state index is 11.0. The Morgan fingerprint density at radius 2 is 0.771 bits per heavy atom. The molecule has 2 N–H and O–H groups in total. The van der Waals surface area contributed by atoms with Crippen molar-refractivity contribution in [3.05, 3.63) is 108 Å². The van der Waals surface area contributed by atoms with E-state index in [9.17, 15) is 9.59 Å². The van der Waals surface area contributed by atoms with Gasteiger partial charge in [0.05, 0.1) is 24.3 Å². The Balaban J connectivity index is 1.21. The highest BCUT2D eigenvalue weighted by molar-refractivity contribution is 5.88. The highest BCUT2D eigenvalue weighted by atomic mass is 16.5. The molecular weight excluding hydrogens is 444 g/mol. The molecule has 0 aliphatic heterocycles. The number of carboxylic acid groups (broad SMARTS) is 2. The van der Waals surface area contributed by atoms with Gasteiger partial charge in [0.1, 0.15) is 11.5 Å². The molecular formula is C29H24O6. The van der Waals surface area contributed by atoms with Crippen LogP contribution in [0, 0.1) is 0 Å². The number of hydrogen-bond acceptors (Lipinski definition) is 4. The minimum absolute atomic E-state index is 0.263. The van der Waals surface area contributed by atoms with E-state index in [0.29, 0.717) is 13.2 Å². The summed E-state index contributed by atoms with van der Waals surface area (Å²) in [6.07, 6.45) is 0.719. The fraction of sp³-hybridized carbons (Fsp3) is 0.103. The van der Waals surface area contributed by atoms with Crippen molar-refractivity contribution in [2.45, 2.75) is 6.42 Å². The lowest BCUT2D eigenvalue weighted by atomic mass is 10.0. The van der Waals surface area contributed by atoms with Gasteiger partial charge in [0.25, 0.3) is 0 Å². The van der Waals surface area contributed by atoms with Crippen LogP contribution in [0.5, 0.6) is 11.5 Å². The van der Waals surface area contributed by atoms with Crippen molar-refractivity contribution in [1.82, 2.24) is 0 Å². The molecule has 35 heavy (non-hydrogen) atoms. The second-order valence-corrected chi connectivity index (χ2v) is 7.86. The van der Waals surface area contributed by atoms with Gasteiger partial charge in [-0.3, -0.25) is 0 Å². The van der Waals surface area contributed by atoms with E-state index >= 15 is 0 Å². The van der Waals surface area contributed by atoms with Gasteiger partial charge in [-0.15, -0.1) is 0 Å². The normalized spacial score (nSPS) is 10.5. The number of benzene rings is 4. The third-order valence-corrected chi connectivity index (χ3v) is 5.47. The van der Waals surface area contributed by atoms with Crippen LogP contribution in [-0.4, -0.2) is 35.4 Å². The van der Waals surface area contributed by atoms with E-state index in [1.165, 1.54) is 0 Å². The van der Waals surface area contributed by atoms with Gasteiger partial charge < -0.3 is 19.7 Å². The number of aromatic carboxylic acids is 2. The van der Waals surface area contributed by atoms with Gasteiger partial charge >= 0.3 is 11.9 Å². The van der Waals surface area contributed by atoms with Crippen molar-refractivity contribution in [2.24, 2.45) is 0 Å². The van der Waals surface area contributed by atoms with Crippen molar-refractivity contribution in [1.29, 1.82) is 0 Å². The second-order valence-electron chi connectivity index (χ2n) is 7.86. The van der Waals surface area contributed by atoms with Crippen LogP contribution in [-0.2, 0) is 0 Å². The van der Waals surface area contributed by atoms with Crippen LogP contribution < -0.4 is 9.47 Å². The molecule has 0 fully saturated rings. The molecule has 0 bridgehead atoms. The molecule has 0 atom stereocenters. The van der Waals surface area contributed by atoms with E-state index < -0.39 is 11.9 Å². The molecule has 6 heteroatoms. The zero-order chi connectivity index (χ0) is 24.6. The van der Waals surface area contributed by atoms with Crippen LogP contribution in [0.4, 0.5) is 0 Å². The molecule has 4 aromatic rings. The topological polar surface area (TPSA) is 93.1 Å². The first-order chi connectivity index (χ1) is 17.0. The number of ether oxygens (including phenoxy) is 2. The lowest BCUT2D eigenvalue weighted by molar-refractivity contribution is 0.0686. The molecule has 0 spiro atoms. The summed E-state index contributed by atoms with van der Waals surface area (Å²) in [5, 5.41) is 18.0. The van der Waals surface area contributed by atoms with Crippen molar-refractivity contribution in [2.75, 3.05) is 13.2 Å². The van der Waals surface area contributed by atoms with Gasteiger partial charge in [-0.05, 0) is 70.8 Å². The molecule has 0 saturated carbocycles. The predicted octanol–water partition coefficient (Wildman–Crippen LogP) is 6.26. The monoisotopic (exact) mass is 468 g/mol.